The molecule has 25 heavy (non-hydrogen) atoms. The Morgan fingerprint density at radius 2 is 1.68 bits per heavy atom. The van der Waals surface area contributed by atoms with Gasteiger partial charge in [-0.05, 0) is 37.5 Å². The second-order valence-corrected chi connectivity index (χ2v) is 7.79. The van der Waals surface area contributed by atoms with E-state index in [2.05, 4.69) is 20.8 Å². The lowest BCUT2D eigenvalue weighted by molar-refractivity contribution is -0.146. The number of hydrogen-bond acceptors (Lipinski definition) is 3. The molecule has 150 valence electrons. The molecule has 0 saturated heterocycles. The molecule has 0 bridgehead atoms. The van der Waals surface area contributed by atoms with E-state index in [0.29, 0.717) is 12.3 Å². The lowest BCUT2D eigenvalue weighted by Crippen LogP contribution is -2.40. The molecule has 2 aliphatic carbocycles. The molecule has 0 spiro atoms. The van der Waals surface area contributed by atoms with Gasteiger partial charge in [-0.3, -0.25) is 9.59 Å². The zero-order chi connectivity index (χ0) is 17.6. The Morgan fingerprint density at radius 3 is 2.08 bits per heavy atom. The summed E-state index contributed by atoms with van der Waals surface area (Å²) in [6, 6.07) is -0.539. The Bertz CT molecular complexity index is 402. The van der Waals surface area contributed by atoms with Crippen LogP contribution < -0.4 is 5.73 Å². The molecule has 2 fully saturated rings. The largest absolute Gasteiger partial charge is 0.481 e. The maximum absolute atomic E-state index is 12.1. The van der Waals surface area contributed by atoms with Crippen molar-refractivity contribution >= 4 is 38.7 Å². The summed E-state index contributed by atoms with van der Waals surface area (Å²) in [7, 11) is 0. The third kappa shape index (κ3) is 7.92. The molecule has 5 atom stereocenters. The summed E-state index contributed by atoms with van der Waals surface area (Å²) < 4.78 is 0. The van der Waals surface area contributed by atoms with Crippen molar-refractivity contribution in [1.82, 2.24) is 0 Å². The number of aliphatic carboxylic acids is 1. The zero-order valence-corrected chi connectivity index (χ0v) is 18.3. The fourth-order valence-electron chi connectivity index (χ4n) is 4.32. The highest BCUT2D eigenvalue weighted by Gasteiger charge is 2.50. The van der Waals surface area contributed by atoms with Gasteiger partial charge >= 0.3 is 5.97 Å². The van der Waals surface area contributed by atoms with Crippen molar-refractivity contribution < 1.29 is 14.7 Å². The molecule has 3 N–H and O–H groups in total. The van der Waals surface area contributed by atoms with Crippen LogP contribution in [-0.4, -0.2) is 22.9 Å². The second-order valence-electron chi connectivity index (χ2n) is 7.79. The number of Topliss-reactive ketones (excluding diaryl/α,β-unsaturated/α-hetero) is 1. The molecule has 0 aromatic carbocycles. The van der Waals surface area contributed by atoms with Gasteiger partial charge in [0.2, 0.25) is 0 Å². The minimum atomic E-state index is -0.821. The molecule has 0 amide bonds. The molecule has 6 heteroatoms. The molecule has 1 unspecified atom stereocenters. The average Bonchev–Trinajstić information content (AvgIpc) is 2.86. The number of rotatable bonds is 5. The molecule has 4 nitrogen and oxygen atoms in total. The van der Waals surface area contributed by atoms with E-state index in [1.165, 1.54) is 19.3 Å². The van der Waals surface area contributed by atoms with Crippen LogP contribution in [0.3, 0.4) is 0 Å². The van der Waals surface area contributed by atoms with Crippen LogP contribution in [0, 0.1) is 29.6 Å². The molecule has 0 heterocycles. The lowest BCUT2D eigenvalue weighted by Gasteiger charge is -2.29. The van der Waals surface area contributed by atoms with Gasteiger partial charge in [-0.15, -0.1) is 0 Å². The van der Waals surface area contributed by atoms with Gasteiger partial charge in [-0.2, -0.15) is 27.0 Å². The van der Waals surface area contributed by atoms with Gasteiger partial charge in [0.05, 0.1) is 12.0 Å². The van der Waals surface area contributed by atoms with Crippen molar-refractivity contribution in [3.05, 3.63) is 0 Å². The monoisotopic (exact) mass is 393 g/mol. The minimum Gasteiger partial charge on any atom is -0.481 e. The van der Waals surface area contributed by atoms with Crippen molar-refractivity contribution in [3.8, 4) is 0 Å². The van der Waals surface area contributed by atoms with Crippen LogP contribution in [0.15, 0.2) is 0 Å². The fourth-order valence-corrected chi connectivity index (χ4v) is 4.32. The third-order valence-corrected chi connectivity index (χ3v) is 5.38. The van der Waals surface area contributed by atoms with Crippen molar-refractivity contribution in [2.24, 2.45) is 35.3 Å². The topological polar surface area (TPSA) is 80.4 Å². The second kappa shape index (κ2) is 13.0. The number of nitrogens with two attached hydrogens (primary N) is 1. The fraction of sp³-hybridized carbons (Fsp3) is 0.895. The molecule has 0 radical (unpaired) electrons. The maximum atomic E-state index is 12.1. The number of carboxylic acid groups (broad SMARTS) is 1. The Balaban J connectivity index is 0. The highest BCUT2D eigenvalue weighted by Crippen LogP contribution is 2.49. The SMILES string of the molecule is CCCC(C)C.C[C@H](N)C(=O)C1[C@H]2CCCC[C@H]2C[C@H]1C(=O)O.S.S. The van der Waals surface area contributed by atoms with E-state index in [0.717, 1.165) is 25.2 Å². The van der Waals surface area contributed by atoms with E-state index < -0.39 is 17.9 Å². The summed E-state index contributed by atoms with van der Waals surface area (Å²) in [5.74, 6) is -0.111. The molecule has 0 aliphatic heterocycles. The quantitative estimate of drug-likeness (QED) is 0.737. The van der Waals surface area contributed by atoms with Crippen LogP contribution in [0.25, 0.3) is 0 Å². The Labute approximate surface area is 167 Å². The van der Waals surface area contributed by atoms with Crippen LogP contribution in [-0.2, 0) is 9.59 Å². The van der Waals surface area contributed by atoms with E-state index in [1.807, 2.05) is 0 Å². The smallest absolute Gasteiger partial charge is 0.307 e. The molecular weight excluding hydrogens is 354 g/mol. The molecule has 0 aromatic heterocycles. The molecule has 2 aliphatic rings. The number of ketones is 1. The molecule has 2 rings (SSSR count). The van der Waals surface area contributed by atoms with Gasteiger partial charge in [-0.25, -0.2) is 0 Å². The molecule has 2 saturated carbocycles. The highest BCUT2D eigenvalue weighted by molar-refractivity contribution is 7.59. The maximum Gasteiger partial charge on any atom is 0.307 e. The average molecular weight is 394 g/mol. The van der Waals surface area contributed by atoms with E-state index in [4.69, 9.17) is 5.73 Å². The first-order chi connectivity index (χ1) is 10.8. The summed E-state index contributed by atoms with van der Waals surface area (Å²) >= 11 is 0. The summed E-state index contributed by atoms with van der Waals surface area (Å²) in [6.45, 7) is 8.39. The van der Waals surface area contributed by atoms with Gasteiger partial charge in [-0.1, -0.05) is 52.9 Å². The number of carbonyl (C=O) groups is 2. The molecule has 0 aromatic rings. The number of carboxylic acids is 1. The lowest BCUT2D eigenvalue weighted by atomic mass is 9.75. The van der Waals surface area contributed by atoms with Crippen LogP contribution in [0.5, 0.6) is 0 Å². The van der Waals surface area contributed by atoms with E-state index >= 15 is 0 Å². The highest BCUT2D eigenvalue weighted by atomic mass is 32.1. The Hall–Kier alpha value is -0.200. The van der Waals surface area contributed by atoms with Gasteiger partial charge in [0.15, 0.2) is 5.78 Å². The van der Waals surface area contributed by atoms with Gasteiger partial charge in [0, 0.05) is 5.92 Å². The van der Waals surface area contributed by atoms with Crippen LogP contribution >= 0.6 is 27.0 Å². The van der Waals surface area contributed by atoms with E-state index in [1.54, 1.807) is 6.92 Å². The number of hydrogen-bond donors (Lipinski definition) is 2. The third-order valence-electron chi connectivity index (χ3n) is 5.38. The van der Waals surface area contributed by atoms with Crippen molar-refractivity contribution in [2.45, 2.75) is 78.7 Å². The van der Waals surface area contributed by atoms with E-state index in [-0.39, 0.29) is 44.6 Å². The minimum absolute atomic E-state index is 0. The van der Waals surface area contributed by atoms with Crippen molar-refractivity contribution in [2.75, 3.05) is 0 Å². The van der Waals surface area contributed by atoms with Gasteiger partial charge in [0.1, 0.15) is 0 Å². The van der Waals surface area contributed by atoms with Crippen LogP contribution in [0.1, 0.15) is 72.6 Å². The first-order valence-corrected chi connectivity index (χ1v) is 9.31. The molecular formula is C19H39NO3S2. The standard InChI is InChI=1S/C13H21NO3.C6H14.2H2S/c1-7(14)12(15)11-9-5-3-2-4-8(9)6-10(11)13(16)17;1-4-5-6(2)3;;/h7-11H,2-6,14H2,1H3,(H,16,17);6H,4-5H2,1-3H3;2*1H2/t7-,8-,9-,10+,11?;;;/m0.../s1. The van der Waals surface area contributed by atoms with Gasteiger partial charge in [0.25, 0.3) is 0 Å². The first kappa shape index (κ1) is 27.0. The Morgan fingerprint density at radius 1 is 1.12 bits per heavy atom. The van der Waals surface area contributed by atoms with Crippen LogP contribution in [0.4, 0.5) is 0 Å². The predicted molar refractivity (Wildman–Crippen MR) is 114 cm³/mol. The summed E-state index contributed by atoms with van der Waals surface area (Å²) in [5, 5.41) is 9.27. The summed E-state index contributed by atoms with van der Waals surface area (Å²) in [4.78, 5) is 23.4. The van der Waals surface area contributed by atoms with Crippen molar-refractivity contribution in [3.63, 3.8) is 0 Å². The summed E-state index contributed by atoms with van der Waals surface area (Å²) in [6.07, 6.45) is 7.75. The first-order valence-electron chi connectivity index (χ1n) is 9.31. The number of carbonyl (C=O) groups excluding carboxylic acids is 1. The zero-order valence-electron chi connectivity index (χ0n) is 16.3. The Kier molecular flexibility index (Phi) is 14.1. The van der Waals surface area contributed by atoms with Gasteiger partial charge < -0.3 is 10.8 Å². The normalized spacial score (nSPS) is 28.6. The van der Waals surface area contributed by atoms with Crippen molar-refractivity contribution in [1.29, 1.82) is 0 Å². The predicted octanol–water partition coefficient (Wildman–Crippen LogP) is 4.10. The number of fused-ring (bicyclic) bond motifs is 1. The van der Waals surface area contributed by atoms with E-state index in [9.17, 15) is 14.7 Å². The van der Waals surface area contributed by atoms with Crippen LogP contribution in [0.2, 0.25) is 0 Å². The summed E-state index contributed by atoms with van der Waals surface area (Å²) in [5.41, 5.74) is 5.66.